The lowest BCUT2D eigenvalue weighted by atomic mass is 10.0. The van der Waals surface area contributed by atoms with Gasteiger partial charge < -0.3 is 5.32 Å². The molecule has 3 aromatic rings. The van der Waals surface area contributed by atoms with Gasteiger partial charge in [-0.3, -0.25) is 9.78 Å². The molecule has 23 heavy (non-hydrogen) atoms. The van der Waals surface area contributed by atoms with E-state index in [0.29, 0.717) is 5.56 Å². The van der Waals surface area contributed by atoms with E-state index in [-0.39, 0.29) is 11.9 Å². The Morgan fingerprint density at radius 2 is 1.61 bits per heavy atom. The van der Waals surface area contributed by atoms with Crippen LogP contribution in [0.1, 0.15) is 28.9 Å². The molecule has 1 atom stereocenters. The van der Waals surface area contributed by atoms with Crippen molar-refractivity contribution in [3.05, 3.63) is 90.3 Å². The lowest BCUT2D eigenvalue weighted by molar-refractivity contribution is 0.0940. The number of nitrogens with one attached hydrogen (secondary N) is 1. The number of aromatic nitrogens is 1. The quantitative estimate of drug-likeness (QED) is 0.783. The Labute approximate surface area is 136 Å². The SMILES string of the molecule is CC(NC(=O)c1ccc(-c2ccccc2)cc1)c1cccnc1. The van der Waals surface area contributed by atoms with Gasteiger partial charge in [-0.2, -0.15) is 0 Å². The van der Waals surface area contributed by atoms with Gasteiger partial charge in [0.15, 0.2) is 0 Å². The number of benzene rings is 2. The number of rotatable bonds is 4. The Hall–Kier alpha value is -2.94. The summed E-state index contributed by atoms with van der Waals surface area (Å²) < 4.78 is 0. The topological polar surface area (TPSA) is 42.0 Å². The van der Waals surface area contributed by atoms with Crippen molar-refractivity contribution < 1.29 is 4.79 Å². The van der Waals surface area contributed by atoms with Crippen molar-refractivity contribution >= 4 is 5.91 Å². The van der Waals surface area contributed by atoms with Gasteiger partial charge in [-0.25, -0.2) is 0 Å². The molecule has 0 bridgehead atoms. The summed E-state index contributed by atoms with van der Waals surface area (Å²) >= 11 is 0. The molecular weight excluding hydrogens is 284 g/mol. The lowest BCUT2D eigenvalue weighted by Gasteiger charge is -2.14. The molecule has 0 radical (unpaired) electrons. The molecular formula is C20H18N2O. The zero-order valence-corrected chi connectivity index (χ0v) is 12.9. The fraction of sp³-hybridized carbons (Fsp3) is 0.100. The minimum absolute atomic E-state index is 0.0787. The Morgan fingerprint density at radius 3 is 2.26 bits per heavy atom. The van der Waals surface area contributed by atoms with Gasteiger partial charge in [0.2, 0.25) is 0 Å². The van der Waals surface area contributed by atoms with Crippen LogP contribution >= 0.6 is 0 Å². The van der Waals surface area contributed by atoms with Crippen LogP contribution in [0.3, 0.4) is 0 Å². The van der Waals surface area contributed by atoms with Gasteiger partial charge in [-0.1, -0.05) is 48.5 Å². The van der Waals surface area contributed by atoms with Crippen LogP contribution in [0.15, 0.2) is 79.1 Å². The Balaban J connectivity index is 1.71. The molecule has 3 rings (SSSR count). The third-order valence-electron chi connectivity index (χ3n) is 3.79. The van der Waals surface area contributed by atoms with Crippen LogP contribution in [0, 0.1) is 0 Å². The number of carbonyl (C=O) groups excluding carboxylic acids is 1. The largest absolute Gasteiger partial charge is 0.345 e. The Kier molecular flexibility index (Phi) is 4.48. The molecule has 0 fully saturated rings. The van der Waals surface area contributed by atoms with Crippen LogP contribution in [0.4, 0.5) is 0 Å². The van der Waals surface area contributed by atoms with E-state index in [1.165, 1.54) is 0 Å². The van der Waals surface area contributed by atoms with E-state index >= 15 is 0 Å². The van der Waals surface area contributed by atoms with Gasteiger partial charge in [0, 0.05) is 18.0 Å². The van der Waals surface area contributed by atoms with Crippen LogP contribution in [-0.4, -0.2) is 10.9 Å². The molecule has 1 unspecified atom stereocenters. The van der Waals surface area contributed by atoms with Crippen molar-refractivity contribution in [2.24, 2.45) is 0 Å². The molecule has 0 saturated heterocycles. The average molecular weight is 302 g/mol. The van der Waals surface area contributed by atoms with Crippen LogP contribution in [0.5, 0.6) is 0 Å². The van der Waals surface area contributed by atoms with E-state index in [9.17, 15) is 4.79 Å². The first kappa shape index (κ1) is 15.0. The average Bonchev–Trinajstić information content (AvgIpc) is 2.63. The minimum Gasteiger partial charge on any atom is -0.345 e. The van der Waals surface area contributed by atoms with Gasteiger partial charge >= 0.3 is 0 Å². The summed E-state index contributed by atoms with van der Waals surface area (Å²) in [4.78, 5) is 16.4. The molecule has 114 valence electrons. The summed E-state index contributed by atoms with van der Waals surface area (Å²) in [5.41, 5.74) is 3.88. The van der Waals surface area contributed by atoms with E-state index in [2.05, 4.69) is 22.4 Å². The maximum absolute atomic E-state index is 12.3. The second-order valence-electron chi connectivity index (χ2n) is 5.42. The number of amides is 1. The highest BCUT2D eigenvalue weighted by molar-refractivity contribution is 5.94. The zero-order valence-electron chi connectivity index (χ0n) is 12.9. The molecule has 0 aliphatic heterocycles. The maximum Gasteiger partial charge on any atom is 0.251 e. The number of carbonyl (C=O) groups is 1. The molecule has 3 heteroatoms. The second kappa shape index (κ2) is 6.88. The molecule has 0 aliphatic rings. The Bertz CT molecular complexity index is 768. The first-order valence-electron chi connectivity index (χ1n) is 7.60. The molecule has 0 aliphatic carbocycles. The third kappa shape index (κ3) is 3.64. The van der Waals surface area contributed by atoms with Crippen LogP contribution in [-0.2, 0) is 0 Å². The standard InChI is InChI=1S/C20H18N2O/c1-15(19-8-5-13-21-14-19)22-20(23)18-11-9-17(10-12-18)16-6-3-2-4-7-16/h2-15H,1H3,(H,22,23). The van der Waals surface area contributed by atoms with Gasteiger partial charge in [-0.15, -0.1) is 0 Å². The molecule has 1 N–H and O–H groups in total. The number of nitrogens with zero attached hydrogens (tertiary/aromatic N) is 1. The molecule has 0 spiro atoms. The minimum atomic E-state index is -0.0824. The third-order valence-corrected chi connectivity index (χ3v) is 3.79. The number of hydrogen-bond donors (Lipinski definition) is 1. The highest BCUT2D eigenvalue weighted by Gasteiger charge is 2.11. The lowest BCUT2D eigenvalue weighted by Crippen LogP contribution is -2.26. The van der Waals surface area contributed by atoms with E-state index in [1.54, 1.807) is 12.4 Å². The summed E-state index contributed by atoms with van der Waals surface area (Å²) in [6.07, 6.45) is 3.49. The molecule has 1 aromatic heterocycles. The smallest absolute Gasteiger partial charge is 0.251 e. The summed E-state index contributed by atoms with van der Waals surface area (Å²) in [7, 11) is 0. The fourth-order valence-corrected chi connectivity index (χ4v) is 2.44. The summed E-state index contributed by atoms with van der Waals surface area (Å²) in [6.45, 7) is 1.95. The van der Waals surface area contributed by atoms with Gasteiger partial charge in [0.1, 0.15) is 0 Å². The van der Waals surface area contributed by atoms with Crippen molar-refractivity contribution in [1.82, 2.24) is 10.3 Å². The van der Waals surface area contributed by atoms with Gasteiger partial charge in [0.05, 0.1) is 6.04 Å². The zero-order chi connectivity index (χ0) is 16.1. The Morgan fingerprint density at radius 1 is 0.913 bits per heavy atom. The van der Waals surface area contributed by atoms with Crippen molar-refractivity contribution in [1.29, 1.82) is 0 Å². The first-order chi connectivity index (χ1) is 11.2. The van der Waals surface area contributed by atoms with Crippen molar-refractivity contribution in [3.63, 3.8) is 0 Å². The number of pyridine rings is 1. The summed E-state index contributed by atoms with van der Waals surface area (Å²) in [6, 6.07) is 21.5. The molecule has 1 heterocycles. The van der Waals surface area contributed by atoms with E-state index in [0.717, 1.165) is 16.7 Å². The van der Waals surface area contributed by atoms with Gasteiger partial charge in [0.25, 0.3) is 5.91 Å². The predicted molar refractivity (Wildman–Crippen MR) is 92.0 cm³/mol. The second-order valence-corrected chi connectivity index (χ2v) is 5.42. The molecule has 1 amide bonds. The fourth-order valence-electron chi connectivity index (χ4n) is 2.44. The summed E-state index contributed by atoms with van der Waals surface area (Å²) in [5, 5.41) is 2.99. The van der Waals surface area contributed by atoms with E-state index in [4.69, 9.17) is 0 Å². The van der Waals surface area contributed by atoms with Crippen molar-refractivity contribution in [2.75, 3.05) is 0 Å². The molecule has 2 aromatic carbocycles. The maximum atomic E-state index is 12.3. The normalized spacial score (nSPS) is 11.7. The monoisotopic (exact) mass is 302 g/mol. The van der Waals surface area contributed by atoms with Crippen LogP contribution < -0.4 is 5.32 Å². The van der Waals surface area contributed by atoms with E-state index < -0.39 is 0 Å². The highest BCUT2D eigenvalue weighted by Crippen LogP contribution is 2.19. The highest BCUT2D eigenvalue weighted by atomic mass is 16.1. The van der Waals surface area contributed by atoms with Crippen molar-refractivity contribution in [2.45, 2.75) is 13.0 Å². The summed E-state index contributed by atoms with van der Waals surface area (Å²) in [5.74, 6) is -0.0824. The molecule has 0 saturated carbocycles. The predicted octanol–water partition coefficient (Wildman–Crippen LogP) is 4.24. The first-order valence-corrected chi connectivity index (χ1v) is 7.60. The van der Waals surface area contributed by atoms with E-state index in [1.807, 2.05) is 61.5 Å². The van der Waals surface area contributed by atoms with Gasteiger partial charge in [-0.05, 0) is 41.8 Å². The van der Waals surface area contributed by atoms with Crippen LogP contribution in [0.25, 0.3) is 11.1 Å². The van der Waals surface area contributed by atoms with Crippen LogP contribution in [0.2, 0.25) is 0 Å². The van der Waals surface area contributed by atoms with Crippen molar-refractivity contribution in [3.8, 4) is 11.1 Å². The molecule has 3 nitrogen and oxygen atoms in total. The number of hydrogen-bond acceptors (Lipinski definition) is 2.